The molecule has 0 bridgehead atoms. The van der Waals surface area contributed by atoms with E-state index in [1.807, 2.05) is 0 Å². The largest absolute Gasteiger partial charge is 0.397 e. The van der Waals surface area contributed by atoms with Crippen molar-refractivity contribution in [1.29, 1.82) is 0 Å². The highest BCUT2D eigenvalue weighted by Crippen LogP contribution is 2.40. The van der Waals surface area contributed by atoms with E-state index in [0.717, 1.165) is 36.4 Å². The van der Waals surface area contributed by atoms with Crippen LogP contribution in [0.2, 0.25) is 0 Å². The molecule has 0 aliphatic carbocycles. The van der Waals surface area contributed by atoms with E-state index in [2.05, 4.69) is 40.9 Å². The zero-order chi connectivity index (χ0) is 46.8. The third-order valence-electron chi connectivity index (χ3n) is 8.49. The van der Waals surface area contributed by atoms with Crippen molar-refractivity contribution in [3.05, 3.63) is 109 Å². The number of nitrogens with two attached hydrogens (primary N) is 4. The second-order valence-electron chi connectivity index (χ2n) is 12.9. The zero-order valence-corrected chi connectivity index (χ0v) is 35.2. The summed E-state index contributed by atoms with van der Waals surface area (Å²) >= 11 is 0. The summed E-state index contributed by atoms with van der Waals surface area (Å²) in [6.07, 6.45) is 0. The minimum absolute atomic E-state index is 0.0174. The van der Waals surface area contributed by atoms with Crippen molar-refractivity contribution in [2.24, 2.45) is 40.9 Å². The first-order valence-electron chi connectivity index (χ1n) is 17.3. The van der Waals surface area contributed by atoms with Crippen LogP contribution >= 0.6 is 0 Å². The molecule has 0 amide bonds. The van der Waals surface area contributed by atoms with Gasteiger partial charge >= 0.3 is 0 Å². The number of nitrogen functional groups attached to an aromatic ring is 4. The molecule has 12 N–H and O–H groups in total. The Hall–Kier alpha value is -7.44. The van der Waals surface area contributed by atoms with E-state index < -0.39 is 71.2 Å². The molecule has 0 spiro atoms. The quantitative estimate of drug-likeness (QED) is 0.0306. The Bertz CT molecular complexity index is 3230. The highest BCUT2D eigenvalue weighted by atomic mass is 32.2. The monoisotopic (exact) mass is 950 g/mol. The fraction of sp³-hybridized carbons (Fsp3) is 0. The van der Waals surface area contributed by atoms with E-state index in [1.165, 1.54) is 72.8 Å². The lowest BCUT2D eigenvalue weighted by molar-refractivity contribution is 0.480. The van der Waals surface area contributed by atoms with Crippen molar-refractivity contribution in [2.75, 3.05) is 22.9 Å². The normalized spacial score (nSPS) is 12.9. The van der Waals surface area contributed by atoms with Crippen molar-refractivity contribution in [3.8, 4) is 11.1 Å². The van der Waals surface area contributed by atoms with Crippen LogP contribution in [-0.4, -0.2) is 51.9 Å². The van der Waals surface area contributed by atoms with E-state index in [9.17, 15) is 51.9 Å². The summed E-state index contributed by atoms with van der Waals surface area (Å²) < 4.78 is 137. The number of azo groups is 4. The maximum absolute atomic E-state index is 12.7. The number of hydrogen-bond donors (Lipinski definition) is 8. The number of anilines is 4. The number of rotatable bonds is 13. The molecule has 0 atom stereocenters. The summed E-state index contributed by atoms with van der Waals surface area (Å²) in [5.74, 6) is 0. The van der Waals surface area contributed by atoms with Crippen LogP contribution in [-0.2, 0) is 40.5 Å². The van der Waals surface area contributed by atoms with E-state index in [-0.39, 0.29) is 68.2 Å². The van der Waals surface area contributed by atoms with Gasteiger partial charge in [-0.15, -0.1) is 30.7 Å². The second kappa shape index (κ2) is 17.7. The molecule has 0 aliphatic heterocycles. The minimum Gasteiger partial charge on any atom is -0.397 e. The Labute approximate surface area is 362 Å². The Morgan fingerprint density at radius 3 is 0.906 bits per heavy atom. The zero-order valence-electron chi connectivity index (χ0n) is 32.0. The lowest BCUT2D eigenvalue weighted by atomic mass is 10.0. The predicted octanol–water partition coefficient (Wildman–Crippen LogP) is 8.33. The first-order chi connectivity index (χ1) is 29.9. The van der Waals surface area contributed by atoms with Gasteiger partial charge in [0, 0.05) is 11.1 Å². The second-order valence-corrected chi connectivity index (χ2v) is 18.5. The molecule has 0 saturated heterocycles. The molecule has 0 unspecified atom stereocenters. The molecule has 330 valence electrons. The van der Waals surface area contributed by atoms with Crippen LogP contribution in [0.3, 0.4) is 0 Å². The van der Waals surface area contributed by atoms with E-state index in [4.69, 9.17) is 22.9 Å². The summed E-state index contributed by atoms with van der Waals surface area (Å²) in [6.45, 7) is 0. The van der Waals surface area contributed by atoms with Gasteiger partial charge in [0.15, 0.2) is 0 Å². The summed E-state index contributed by atoms with van der Waals surface area (Å²) in [5.41, 5.74) is 22.0. The van der Waals surface area contributed by atoms with Crippen LogP contribution in [0.25, 0.3) is 11.1 Å². The average molecular weight is 951 g/mol. The van der Waals surface area contributed by atoms with Crippen LogP contribution in [0.4, 0.5) is 68.2 Å². The van der Waals surface area contributed by atoms with Crippen LogP contribution in [0.1, 0.15) is 0 Å². The first-order valence-corrected chi connectivity index (χ1v) is 23.1. The SMILES string of the molecule is Nc1cc(N)c(N=Nc2ccccc2S(=O)(=O)O)cc1N=Nc1ccc(-c2ccc(N=Nc3cc(N=Nc4ccccc4S(=O)(=O)O)c(N)cc3N)cc2S(=O)(=O)O)c(S(=O)(=O)O)c1. The molecule has 0 radical (unpaired) electrons. The molecule has 28 heteroatoms. The number of benzene rings is 6. The summed E-state index contributed by atoms with van der Waals surface area (Å²) in [6, 6.07) is 21.5. The van der Waals surface area contributed by atoms with Gasteiger partial charge in [0.2, 0.25) is 0 Å². The van der Waals surface area contributed by atoms with Gasteiger partial charge in [0.1, 0.15) is 53.7 Å². The predicted molar refractivity (Wildman–Crippen MR) is 231 cm³/mol. The first kappa shape index (κ1) is 46.1. The Balaban J connectivity index is 1.32. The number of nitrogens with zero attached hydrogens (tertiary/aromatic N) is 8. The van der Waals surface area contributed by atoms with Gasteiger partial charge in [0.05, 0.1) is 34.1 Å². The molecule has 6 aromatic rings. The highest BCUT2D eigenvalue weighted by molar-refractivity contribution is 7.86. The molecule has 0 aromatic heterocycles. The van der Waals surface area contributed by atoms with Crippen molar-refractivity contribution in [2.45, 2.75) is 19.6 Å². The Kier molecular flexibility index (Phi) is 12.8. The summed E-state index contributed by atoms with van der Waals surface area (Å²) in [7, 11) is -19.6. The van der Waals surface area contributed by atoms with E-state index in [1.54, 1.807) is 0 Å². The molecule has 0 aliphatic rings. The van der Waals surface area contributed by atoms with Gasteiger partial charge in [-0.25, -0.2) is 0 Å². The topological polar surface area (TPSA) is 420 Å². The fourth-order valence-electron chi connectivity index (χ4n) is 5.54. The Morgan fingerprint density at radius 1 is 0.312 bits per heavy atom. The minimum atomic E-state index is -5.15. The third-order valence-corrected chi connectivity index (χ3v) is 12.1. The molecule has 6 aromatic carbocycles. The van der Waals surface area contributed by atoms with Gasteiger partial charge in [-0.05, 0) is 72.8 Å². The van der Waals surface area contributed by atoms with Gasteiger partial charge < -0.3 is 22.9 Å². The van der Waals surface area contributed by atoms with Crippen LogP contribution in [0.5, 0.6) is 0 Å². The van der Waals surface area contributed by atoms with Crippen LogP contribution in [0.15, 0.2) is 170 Å². The molecule has 0 heterocycles. The highest BCUT2D eigenvalue weighted by Gasteiger charge is 2.25. The lowest BCUT2D eigenvalue weighted by Crippen LogP contribution is -2.05. The molecule has 64 heavy (non-hydrogen) atoms. The molecule has 0 saturated carbocycles. The summed E-state index contributed by atoms with van der Waals surface area (Å²) in [5, 5.41) is 31.5. The lowest BCUT2D eigenvalue weighted by Gasteiger charge is -2.12. The van der Waals surface area contributed by atoms with E-state index in [0.29, 0.717) is 0 Å². The van der Waals surface area contributed by atoms with Gasteiger partial charge in [-0.1, -0.05) is 36.4 Å². The van der Waals surface area contributed by atoms with Crippen LogP contribution < -0.4 is 22.9 Å². The van der Waals surface area contributed by atoms with Crippen molar-refractivity contribution in [3.63, 3.8) is 0 Å². The average Bonchev–Trinajstić information content (AvgIpc) is 3.21. The van der Waals surface area contributed by atoms with Gasteiger partial charge in [-0.3, -0.25) is 18.2 Å². The third kappa shape index (κ3) is 10.8. The van der Waals surface area contributed by atoms with Gasteiger partial charge in [0.25, 0.3) is 40.5 Å². The maximum Gasteiger partial charge on any atom is 0.296 e. The van der Waals surface area contributed by atoms with Crippen LogP contribution in [0, 0.1) is 0 Å². The van der Waals surface area contributed by atoms with Crippen molar-refractivity contribution < 1.29 is 51.9 Å². The smallest absolute Gasteiger partial charge is 0.296 e. The molecule has 6 rings (SSSR count). The van der Waals surface area contributed by atoms with E-state index >= 15 is 0 Å². The van der Waals surface area contributed by atoms with Gasteiger partial charge in [-0.2, -0.15) is 43.9 Å². The number of hydrogen-bond acceptors (Lipinski definition) is 20. The summed E-state index contributed by atoms with van der Waals surface area (Å²) in [4.78, 5) is -2.79. The standard InChI is InChI=1S/C36H30N12O12S4/c37-23-15-25(39)31(47-43-27-5-1-3-7-33(27)61(49,50)51)17-29(23)45-41-19-9-11-21(35(13-19)63(55,56)57)22-12-10-20(14-36(22)64(58,59)60)42-46-30-18-32(26(40)16-24(30)38)48-44-28-6-2-4-8-34(28)62(52,53)54/h1-18H,37-40H2,(H,49,50,51)(H,52,53,54)(H,55,56,57)(H,58,59,60). The van der Waals surface area contributed by atoms with Crippen molar-refractivity contribution in [1.82, 2.24) is 0 Å². The molecule has 0 fully saturated rings. The molecular formula is C36H30N12O12S4. The Morgan fingerprint density at radius 2 is 0.594 bits per heavy atom. The molecule has 24 nitrogen and oxygen atoms in total. The maximum atomic E-state index is 12.7. The fourth-order valence-corrected chi connectivity index (χ4v) is 8.24. The molecular weight excluding hydrogens is 921 g/mol. The van der Waals surface area contributed by atoms with Crippen molar-refractivity contribution >= 4 is 109 Å².